The summed E-state index contributed by atoms with van der Waals surface area (Å²) in [6.07, 6.45) is 5.96. The molecule has 10 heteroatoms. The second kappa shape index (κ2) is 8.83. The van der Waals surface area contributed by atoms with Crippen LogP contribution in [0.1, 0.15) is 39.0 Å². The average molecular weight is 379 g/mol. The second-order valence-electron chi connectivity index (χ2n) is 6.66. The Morgan fingerprint density at radius 2 is 1.93 bits per heavy atom. The topological polar surface area (TPSA) is 111 Å². The van der Waals surface area contributed by atoms with Crippen LogP contribution in [0, 0.1) is 10.1 Å². The number of carbonyl (C=O) groups is 1. The SMILES string of the molecule is CCOC(=O)N1CCN(c2ncnc(OC3CCCCC3)c2[N+](=O)[O-])CC1. The summed E-state index contributed by atoms with van der Waals surface area (Å²) >= 11 is 0. The molecule has 3 rings (SSSR count). The zero-order valence-corrected chi connectivity index (χ0v) is 15.5. The van der Waals surface area contributed by atoms with Gasteiger partial charge >= 0.3 is 11.8 Å². The van der Waals surface area contributed by atoms with Gasteiger partial charge in [-0.3, -0.25) is 10.1 Å². The molecule has 1 saturated heterocycles. The first-order valence-electron chi connectivity index (χ1n) is 9.42. The molecule has 10 nitrogen and oxygen atoms in total. The first kappa shape index (κ1) is 19.1. The van der Waals surface area contributed by atoms with E-state index in [1.54, 1.807) is 16.7 Å². The molecule has 0 atom stereocenters. The molecule has 0 aromatic carbocycles. The Labute approximate surface area is 157 Å². The molecule has 2 heterocycles. The largest absolute Gasteiger partial charge is 0.469 e. The van der Waals surface area contributed by atoms with Gasteiger partial charge in [0.2, 0.25) is 5.82 Å². The quantitative estimate of drug-likeness (QED) is 0.566. The normalized spacial score (nSPS) is 18.3. The molecule has 0 radical (unpaired) electrons. The number of carbonyl (C=O) groups excluding carboxylic acids is 1. The van der Waals surface area contributed by atoms with Crippen LogP contribution in [0.2, 0.25) is 0 Å². The van der Waals surface area contributed by atoms with E-state index in [9.17, 15) is 14.9 Å². The average Bonchev–Trinajstić information content (AvgIpc) is 2.69. The van der Waals surface area contributed by atoms with E-state index in [1.807, 2.05) is 0 Å². The van der Waals surface area contributed by atoms with E-state index in [0.717, 1.165) is 25.7 Å². The molecule has 27 heavy (non-hydrogen) atoms. The Balaban J connectivity index is 1.74. The number of amides is 1. The third-order valence-electron chi connectivity index (χ3n) is 4.89. The van der Waals surface area contributed by atoms with Crippen LogP contribution in [0.25, 0.3) is 0 Å². The first-order valence-corrected chi connectivity index (χ1v) is 9.42. The fourth-order valence-electron chi connectivity index (χ4n) is 3.49. The number of rotatable bonds is 5. The van der Waals surface area contributed by atoms with Crippen molar-refractivity contribution in [2.75, 3.05) is 37.7 Å². The van der Waals surface area contributed by atoms with Crippen molar-refractivity contribution in [1.29, 1.82) is 0 Å². The van der Waals surface area contributed by atoms with Crippen molar-refractivity contribution in [3.05, 3.63) is 16.4 Å². The monoisotopic (exact) mass is 379 g/mol. The van der Waals surface area contributed by atoms with Crippen molar-refractivity contribution in [3.8, 4) is 5.88 Å². The van der Waals surface area contributed by atoms with Gasteiger partial charge < -0.3 is 19.3 Å². The van der Waals surface area contributed by atoms with Crippen LogP contribution in [0.3, 0.4) is 0 Å². The molecular weight excluding hydrogens is 354 g/mol. The van der Waals surface area contributed by atoms with Crippen molar-refractivity contribution < 1.29 is 19.2 Å². The zero-order valence-electron chi connectivity index (χ0n) is 15.5. The van der Waals surface area contributed by atoms with Gasteiger partial charge in [0.1, 0.15) is 12.4 Å². The number of anilines is 1. The fourth-order valence-corrected chi connectivity index (χ4v) is 3.49. The van der Waals surface area contributed by atoms with Crippen LogP contribution in [0.4, 0.5) is 16.3 Å². The Hall–Kier alpha value is -2.65. The lowest BCUT2D eigenvalue weighted by molar-refractivity contribution is -0.385. The maximum absolute atomic E-state index is 11.8. The molecule has 1 aromatic rings. The lowest BCUT2D eigenvalue weighted by atomic mass is 9.98. The van der Waals surface area contributed by atoms with Gasteiger partial charge in [-0.25, -0.2) is 9.78 Å². The summed E-state index contributed by atoms with van der Waals surface area (Å²) in [5.41, 5.74) is -0.201. The fraction of sp³-hybridized carbons (Fsp3) is 0.706. The van der Waals surface area contributed by atoms with E-state index < -0.39 is 4.92 Å². The molecule has 0 unspecified atom stereocenters. The summed E-state index contributed by atoms with van der Waals surface area (Å²) in [5, 5.41) is 11.7. The Kier molecular flexibility index (Phi) is 6.25. The maximum atomic E-state index is 11.8. The van der Waals surface area contributed by atoms with Crippen LogP contribution in [0.5, 0.6) is 5.88 Å². The van der Waals surface area contributed by atoms with Crippen molar-refractivity contribution in [2.24, 2.45) is 0 Å². The predicted octanol–water partition coefficient (Wildman–Crippen LogP) is 2.37. The summed E-state index contributed by atoms with van der Waals surface area (Å²) < 4.78 is 10.9. The van der Waals surface area contributed by atoms with Gasteiger partial charge in [-0.1, -0.05) is 6.42 Å². The molecule has 0 spiro atoms. The van der Waals surface area contributed by atoms with Crippen molar-refractivity contribution in [1.82, 2.24) is 14.9 Å². The Morgan fingerprint density at radius 3 is 2.56 bits per heavy atom. The van der Waals surface area contributed by atoms with Crippen molar-refractivity contribution >= 4 is 17.6 Å². The van der Waals surface area contributed by atoms with Crippen LogP contribution in [-0.4, -0.2) is 64.8 Å². The van der Waals surface area contributed by atoms with E-state index in [1.165, 1.54) is 12.7 Å². The van der Waals surface area contributed by atoms with Crippen molar-refractivity contribution in [3.63, 3.8) is 0 Å². The highest BCUT2D eigenvalue weighted by molar-refractivity contribution is 5.69. The smallest absolute Gasteiger partial charge is 0.409 e. The highest BCUT2D eigenvalue weighted by atomic mass is 16.6. The molecule has 0 bridgehead atoms. The number of piperazine rings is 1. The lowest BCUT2D eigenvalue weighted by Crippen LogP contribution is -2.49. The standard InChI is InChI=1S/C17H25N5O5/c1-2-26-17(23)21-10-8-20(9-11-21)15-14(22(24)25)16(19-12-18-15)27-13-6-4-3-5-7-13/h12-13H,2-11H2,1H3. The number of nitro groups is 1. The molecule has 1 aliphatic carbocycles. The Morgan fingerprint density at radius 1 is 1.22 bits per heavy atom. The number of aromatic nitrogens is 2. The summed E-state index contributed by atoms with van der Waals surface area (Å²) in [4.78, 5) is 34.6. The minimum absolute atomic E-state index is 0.0322. The molecule has 2 fully saturated rings. The van der Waals surface area contributed by atoms with Gasteiger partial charge in [-0.05, 0) is 32.6 Å². The number of hydrogen-bond donors (Lipinski definition) is 0. The van der Waals surface area contributed by atoms with Gasteiger partial charge in [-0.2, -0.15) is 4.98 Å². The number of ether oxygens (including phenoxy) is 2. The van der Waals surface area contributed by atoms with Gasteiger partial charge in [0.05, 0.1) is 11.5 Å². The second-order valence-corrected chi connectivity index (χ2v) is 6.66. The minimum Gasteiger partial charge on any atom is -0.469 e. The summed E-state index contributed by atoms with van der Waals surface area (Å²) in [7, 11) is 0. The van der Waals surface area contributed by atoms with Crippen LogP contribution in [0.15, 0.2) is 6.33 Å². The van der Waals surface area contributed by atoms with Gasteiger partial charge in [0, 0.05) is 26.2 Å². The molecule has 2 aliphatic rings. The van der Waals surface area contributed by atoms with E-state index in [-0.39, 0.29) is 29.6 Å². The minimum atomic E-state index is -0.481. The van der Waals surface area contributed by atoms with Gasteiger partial charge in [0.25, 0.3) is 5.88 Å². The molecule has 148 valence electrons. The van der Waals surface area contributed by atoms with Gasteiger partial charge in [-0.15, -0.1) is 0 Å². The third-order valence-corrected chi connectivity index (χ3v) is 4.89. The number of nitrogens with zero attached hydrogens (tertiary/aromatic N) is 5. The molecule has 1 saturated carbocycles. The van der Waals surface area contributed by atoms with Crippen LogP contribution >= 0.6 is 0 Å². The molecule has 1 aromatic heterocycles. The lowest BCUT2D eigenvalue weighted by Gasteiger charge is -2.34. The van der Waals surface area contributed by atoms with Gasteiger partial charge in [0.15, 0.2) is 0 Å². The summed E-state index contributed by atoms with van der Waals surface area (Å²) in [6.45, 7) is 3.77. The highest BCUT2D eigenvalue weighted by Crippen LogP contribution is 2.35. The molecule has 0 N–H and O–H groups in total. The predicted molar refractivity (Wildman–Crippen MR) is 97.0 cm³/mol. The van der Waals surface area contributed by atoms with E-state index in [4.69, 9.17) is 9.47 Å². The summed E-state index contributed by atoms with van der Waals surface area (Å²) in [5.74, 6) is 0.272. The highest BCUT2D eigenvalue weighted by Gasteiger charge is 2.32. The van der Waals surface area contributed by atoms with E-state index in [0.29, 0.717) is 32.8 Å². The maximum Gasteiger partial charge on any atom is 0.409 e. The first-order chi connectivity index (χ1) is 13.1. The van der Waals surface area contributed by atoms with E-state index >= 15 is 0 Å². The molecule has 1 amide bonds. The van der Waals surface area contributed by atoms with E-state index in [2.05, 4.69) is 9.97 Å². The molecule has 1 aliphatic heterocycles. The van der Waals surface area contributed by atoms with Crippen LogP contribution < -0.4 is 9.64 Å². The number of hydrogen-bond acceptors (Lipinski definition) is 8. The van der Waals surface area contributed by atoms with Crippen LogP contribution in [-0.2, 0) is 4.74 Å². The zero-order chi connectivity index (χ0) is 19.2. The Bertz CT molecular complexity index is 672. The third kappa shape index (κ3) is 4.55. The molecular formula is C17H25N5O5. The van der Waals surface area contributed by atoms with Crippen molar-refractivity contribution in [2.45, 2.75) is 45.1 Å². The summed E-state index contributed by atoms with van der Waals surface area (Å²) in [6, 6.07) is 0.